The second-order valence-corrected chi connectivity index (χ2v) is 5.33. The van der Waals surface area contributed by atoms with Crippen LogP contribution in [0.25, 0.3) is 0 Å². The molecule has 1 unspecified atom stereocenters. The first kappa shape index (κ1) is 15.8. The minimum atomic E-state index is 0.595. The van der Waals surface area contributed by atoms with Gasteiger partial charge in [-0.05, 0) is 20.3 Å². The van der Waals surface area contributed by atoms with E-state index < -0.39 is 0 Å². The quantitative estimate of drug-likeness (QED) is 0.619. The first-order valence-electron chi connectivity index (χ1n) is 7.55. The molecule has 0 spiro atoms. The van der Waals surface area contributed by atoms with Crippen LogP contribution in [0.4, 0.5) is 0 Å². The number of aliphatic imine (C=N–C) groups is 1. The van der Waals surface area contributed by atoms with Gasteiger partial charge >= 0.3 is 0 Å². The molecule has 0 radical (unpaired) electrons. The summed E-state index contributed by atoms with van der Waals surface area (Å²) in [6, 6.07) is 0. The Bertz CT molecular complexity index is 454. The second kappa shape index (κ2) is 7.97. The SMILES string of the molecule is CCNC(=NCCc1nc(C)no1)N(C)CC1CCOC1. The lowest BCUT2D eigenvalue weighted by Gasteiger charge is -2.24. The molecule has 1 aliphatic rings. The molecule has 7 nitrogen and oxygen atoms in total. The lowest BCUT2D eigenvalue weighted by molar-refractivity contribution is 0.181. The first-order valence-corrected chi connectivity index (χ1v) is 7.55. The second-order valence-electron chi connectivity index (χ2n) is 5.33. The molecular formula is C14H25N5O2. The van der Waals surface area contributed by atoms with Crippen LogP contribution in [0.3, 0.4) is 0 Å². The van der Waals surface area contributed by atoms with Crippen molar-refractivity contribution in [1.29, 1.82) is 0 Å². The van der Waals surface area contributed by atoms with E-state index in [2.05, 4.69) is 39.3 Å². The number of hydrogen-bond donors (Lipinski definition) is 1. The Labute approximate surface area is 125 Å². The van der Waals surface area contributed by atoms with Crippen LogP contribution in [0.2, 0.25) is 0 Å². The van der Waals surface area contributed by atoms with E-state index in [-0.39, 0.29) is 0 Å². The Morgan fingerprint density at radius 1 is 1.52 bits per heavy atom. The zero-order valence-electron chi connectivity index (χ0n) is 13.1. The zero-order chi connectivity index (χ0) is 15.1. The third-order valence-electron chi connectivity index (χ3n) is 3.41. The summed E-state index contributed by atoms with van der Waals surface area (Å²) in [5.74, 6) is 2.82. The molecule has 1 atom stereocenters. The van der Waals surface area contributed by atoms with Crippen molar-refractivity contribution in [2.45, 2.75) is 26.7 Å². The van der Waals surface area contributed by atoms with Gasteiger partial charge in [0, 0.05) is 39.1 Å². The highest BCUT2D eigenvalue weighted by atomic mass is 16.5. The summed E-state index contributed by atoms with van der Waals surface area (Å²) >= 11 is 0. The molecule has 0 aliphatic carbocycles. The number of nitrogens with one attached hydrogen (secondary N) is 1. The molecule has 118 valence electrons. The van der Waals surface area contributed by atoms with Gasteiger partial charge in [-0.25, -0.2) is 0 Å². The van der Waals surface area contributed by atoms with E-state index >= 15 is 0 Å². The Balaban J connectivity index is 1.85. The van der Waals surface area contributed by atoms with Crippen LogP contribution in [0, 0.1) is 12.8 Å². The largest absolute Gasteiger partial charge is 0.381 e. The lowest BCUT2D eigenvalue weighted by Crippen LogP contribution is -2.41. The third-order valence-corrected chi connectivity index (χ3v) is 3.41. The summed E-state index contributed by atoms with van der Waals surface area (Å²) in [7, 11) is 2.07. The Hall–Kier alpha value is -1.63. The van der Waals surface area contributed by atoms with E-state index in [0.717, 1.165) is 38.7 Å². The van der Waals surface area contributed by atoms with Crippen molar-refractivity contribution in [2.75, 3.05) is 39.9 Å². The molecule has 21 heavy (non-hydrogen) atoms. The van der Waals surface area contributed by atoms with Crippen molar-refractivity contribution < 1.29 is 9.26 Å². The van der Waals surface area contributed by atoms with Crippen molar-refractivity contribution in [1.82, 2.24) is 20.4 Å². The Morgan fingerprint density at radius 2 is 2.38 bits per heavy atom. The molecule has 1 saturated heterocycles. The Morgan fingerprint density at radius 3 is 3.00 bits per heavy atom. The van der Waals surface area contributed by atoms with Gasteiger partial charge in [-0.1, -0.05) is 5.16 Å². The van der Waals surface area contributed by atoms with E-state index in [1.54, 1.807) is 0 Å². The average molecular weight is 295 g/mol. The number of aromatic nitrogens is 2. The van der Waals surface area contributed by atoms with Gasteiger partial charge in [-0.3, -0.25) is 4.99 Å². The molecule has 1 aromatic rings. The number of nitrogens with zero attached hydrogens (tertiary/aromatic N) is 4. The number of hydrogen-bond acceptors (Lipinski definition) is 5. The van der Waals surface area contributed by atoms with Crippen LogP contribution in [0.5, 0.6) is 0 Å². The van der Waals surface area contributed by atoms with Crippen LogP contribution in [-0.4, -0.2) is 60.9 Å². The fourth-order valence-corrected chi connectivity index (χ4v) is 2.37. The fraction of sp³-hybridized carbons (Fsp3) is 0.786. The Kier molecular flexibility index (Phi) is 5.98. The lowest BCUT2D eigenvalue weighted by atomic mass is 10.1. The minimum absolute atomic E-state index is 0.595. The van der Waals surface area contributed by atoms with Crippen molar-refractivity contribution in [2.24, 2.45) is 10.9 Å². The number of guanidine groups is 1. The highest BCUT2D eigenvalue weighted by Crippen LogP contribution is 2.13. The van der Waals surface area contributed by atoms with Crippen LogP contribution in [0.1, 0.15) is 25.1 Å². The molecule has 2 heterocycles. The molecular weight excluding hydrogens is 270 g/mol. The van der Waals surface area contributed by atoms with Gasteiger partial charge < -0.3 is 19.5 Å². The molecule has 0 aromatic carbocycles. The molecule has 1 N–H and O–H groups in total. The van der Waals surface area contributed by atoms with Crippen LogP contribution in [0.15, 0.2) is 9.52 Å². The van der Waals surface area contributed by atoms with Crippen LogP contribution >= 0.6 is 0 Å². The van der Waals surface area contributed by atoms with Gasteiger partial charge in [-0.15, -0.1) is 0 Å². The standard InChI is InChI=1S/C14H25N5O2/c1-4-15-14(19(3)9-12-6-8-20-10-12)16-7-5-13-17-11(2)18-21-13/h12H,4-10H2,1-3H3,(H,15,16). The minimum Gasteiger partial charge on any atom is -0.381 e. The van der Waals surface area contributed by atoms with Crippen LogP contribution < -0.4 is 5.32 Å². The number of ether oxygens (including phenoxy) is 1. The van der Waals surface area contributed by atoms with E-state index in [0.29, 0.717) is 30.6 Å². The predicted molar refractivity (Wildman–Crippen MR) is 80.3 cm³/mol. The smallest absolute Gasteiger partial charge is 0.228 e. The van der Waals surface area contributed by atoms with Gasteiger partial charge in [0.1, 0.15) is 0 Å². The molecule has 7 heteroatoms. The van der Waals surface area contributed by atoms with Gasteiger partial charge in [0.25, 0.3) is 0 Å². The number of aryl methyl sites for hydroxylation is 1. The zero-order valence-corrected chi connectivity index (χ0v) is 13.1. The van der Waals surface area contributed by atoms with E-state index in [1.165, 1.54) is 0 Å². The van der Waals surface area contributed by atoms with E-state index in [1.807, 2.05) is 6.92 Å². The summed E-state index contributed by atoms with van der Waals surface area (Å²) in [6.07, 6.45) is 1.79. The maximum Gasteiger partial charge on any atom is 0.228 e. The molecule has 1 aromatic heterocycles. The molecule has 2 rings (SSSR count). The van der Waals surface area contributed by atoms with E-state index in [9.17, 15) is 0 Å². The molecule has 1 fully saturated rings. The summed E-state index contributed by atoms with van der Waals surface area (Å²) in [4.78, 5) is 11.0. The molecule has 1 aliphatic heterocycles. The van der Waals surface area contributed by atoms with Crippen molar-refractivity contribution >= 4 is 5.96 Å². The van der Waals surface area contributed by atoms with Crippen molar-refractivity contribution in [3.8, 4) is 0 Å². The predicted octanol–water partition coefficient (Wildman–Crippen LogP) is 0.854. The number of rotatable bonds is 6. The highest BCUT2D eigenvalue weighted by Gasteiger charge is 2.19. The van der Waals surface area contributed by atoms with Gasteiger partial charge in [0.05, 0.1) is 13.2 Å². The normalized spacial score (nSPS) is 19.0. The van der Waals surface area contributed by atoms with Crippen molar-refractivity contribution in [3.63, 3.8) is 0 Å². The highest BCUT2D eigenvalue weighted by molar-refractivity contribution is 5.79. The molecule has 0 saturated carbocycles. The fourth-order valence-electron chi connectivity index (χ4n) is 2.37. The maximum absolute atomic E-state index is 5.42. The van der Waals surface area contributed by atoms with Gasteiger partial charge in [0.15, 0.2) is 11.8 Å². The van der Waals surface area contributed by atoms with Gasteiger partial charge in [0.2, 0.25) is 5.89 Å². The van der Waals surface area contributed by atoms with E-state index in [4.69, 9.17) is 9.26 Å². The summed E-state index contributed by atoms with van der Waals surface area (Å²) < 4.78 is 10.5. The maximum atomic E-state index is 5.42. The van der Waals surface area contributed by atoms with Crippen LogP contribution in [-0.2, 0) is 11.2 Å². The summed E-state index contributed by atoms with van der Waals surface area (Å²) in [6.45, 7) is 8.07. The molecule has 0 bridgehead atoms. The molecule has 0 amide bonds. The van der Waals surface area contributed by atoms with Crippen molar-refractivity contribution in [3.05, 3.63) is 11.7 Å². The first-order chi connectivity index (χ1) is 10.2. The monoisotopic (exact) mass is 295 g/mol. The summed E-state index contributed by atoms with van der Waals surface area (Å²) in [5, 5.41) is 7.10. The third kappa shape index (κ3) is 5.00. The summed E-state index contributed by atoms with van der Waals surface area (Å²) in [5.41, 5.74) is 0. The van der Waals surface area contributed by atoms with Gasteiger partial charge in [-0.2, -0.15) is 4.98 Å². The average Bonchev–Trinajstić information content (AvgIpc) is 3.09. The topological polar surface area (TPSA) is 75.8 Å².